The molecule has 0 aromatic heterocycles. The van der Waals surface area contributed by atoms with Crippen LogP contribution in [0.3, 0.4) is 0 Å². The van der Waals surface area contributed by atoms with Crippen molar-refractivity contribution in [1.82, 2.24) is 0 Å². The zero-order valence-electron chi connectivity index (χ0n) is 11.7. The highest BCUT2D eigenvalue weighted by Gasteiger charge is 2.00. The molecule has 0 aliphatic heterocycles. The van der Waals surface area contributed by atoms with Crippen molar-refractivity contribution in [2.24, 2.45) is 10.7 Å². The van der Waals surface area contributed by atoms with Gasteiger partial charge in [0.05, 0.1) is 6.54 Å². The number of hydrogen-bond acceptors (Lipinski definition) is 1. The van der Waals surface area contributed by atoms with Crippen molar-refractivity contribution in [3.05, 3.63) is 64.2 Å². The Bertz CT molecular complexity index is 635. The van der Waals surface area contributed by atoms with Crippen LogP contribution in [0.5, 0.6) is 0 Å². The fourth-order valence-electron chi connectivity index (χ4n) is 1.80. The zero-order valence-corrected chi connectivity index (χ0v) is 12.4. The van der Waals surface area contributed by atoms with Crippen molar-refractivity contribution < 1.29 is 0 Å². The van der Waals surface area contributed by atoms with E-state index in [1.54, 1.807) is 0 Å². The number of guanidine groups is 1. The lowest BCUT2D eigenvalue weighted by Crippen LogP contribution is -2.22. The summed E-state index contributed by atoms with van der Waals surface area (Å²) in [6.45, 7) is 4.61. The molecule has 0 aliphatic carbocycles. The van der Waals surface area contributed by atoms with E-state index in [9.17, 15) is 0 Å². The van der Waals surface area contributed by atoms with Crippen molar-refractivity contribution in [2.75, 3.05) is 5.32 Å². The Hall–Kier alpha value is -2.00. The molecule has 0 amide bonds. The molecule has 2 rings (SSSR count). The Kier molecular flexibility index (Phi) is 4.64. The molecule has 0 spiro atoms. The standard InChI is InChI=1S/C16H18ClN3/c1-11-7-8-14(9-12(11)2)20-16(18)19-10-13-5-3-4-6-15(13)17/h3-9H,10H2,1-2H3,(H3,18,19,20). The average molecular weight is 288 g/mol. The summed E-state index contributed by atoms with van der Waals surface area (Å²) in [5, 5.41) is 3.79. The van der Waals surface area contributed by atoms with Gasteiger partial charge in [-0.25, -0.2) is 4.99 Å². The van der Waals surface area contributed by atoms with Gasteiger partial charge in [-0.2, -0.15) is 0 Å². The van der Waals surface area contributed by atoms with E-state index < -0.39 is 0 Å². The number of nitrogens with zero attached hydrogens (tertiary/aromatic N) is 1. The Morgan fingerprint density at radius 1 is 1.15 bits per heavy atom. The summed E-state index contributed by atoms with van der Waals surface area (Å²) in [6, 6.07) is 13.7. The van der Waals surface area contributed by atoms with Gasteiger partial charge in [-0.1, -0.05) is 35.9 Å². The number of rotatable bonds is 3. The zero-order chi connectivity index (χ0) is 14.5. The van der Waals surface area contributed by atoms with E-state index in [0.29, 0.717) is 17.5 Å². The van der Waals surface area contributed by atoms with Crippen LogP contribution in [-0.4, -0.2) is 5.96 Å². The smallest absolute Gasteiger partial charge is 0.193 e. The van der Waals surface area contributed by atoms with E-state index in [0.717, 1.165) is 11.3 Å². The maximum Gasteiger partial charge on any atom is 0.193 e. The Balaban J connectivity index is 2.04. The van der Waals surface area contributed by atoms with Gasteiger partial charge in [0.2, 0.25) is 0 Å². The van der Waals surface area contributed by atoms with Crippen LogP contribution in [0.2, 0.25) is 5.02 Å². The normalized spacial score (nSPS) is 11.4. The molecule has 104 valence electrons. The first-order valence-electron chi connectivity index (χ1n) is 6.44. The molecule has 3 N–H and O–H groups in total. The van der Waals surface area contributed by atoms with E-state index in [-0.39, 0.29) is 0 Å². The third kappa shape index (κ3) is 3.75. The minimum absolute atomic E-state index is 0.383. The summed E-state index contributed by atoms with van der Waals surface area (Å²) in [7, 11) is 0. The summed E-state index contributed by atoms with van der Waals surface area (Å²) < 4.78 is 0. The van der Waals surface area contributed by atoms with Gasteiger partial charge in [-0.15, -0.1) is 0 Å². The van der Waals surface area contributed by atoms with E-state index >= 15 is 0 Å². The predicted octanol–water partition coefficient (Wildman–Crippen LogP) is 3.88. The Labute approximate surface area is 124 Å². The molecule has 0 bridgehead atoms. The molecular weight excluding hydrogens is 270 g/mol. The number of aryl methyl sites for hydroxylation is 2. The molecule has 0 aliphatic rings. The van der Waals surface area contributed by atoms with Gasteiger partial charge in [0.1, 0.15) is 0 Å². The summed E-state index contributed by atoms with van der Waals surface area (Å²) in [6.07, 6.45) is 0. The van der Waals surface area contributed by atoms with Crippen LogP contribution >= 0.6 is 11.6 Å². The minimum atomic E-state index is 0.383. The van der Waals surface area contributed by atoms with Gasteiger partial charge in [0.15, 0.2) is 5.96 Å². The van der Waals surface area contributed by atoms with Crippen LogP contribution in [0.15, 0.2) is 47.5 Å². The molecule has 0 radical (unpaired) electrons. The second kappa shape index (κ2) is 6.44. The monoisotopic (exact) mass is 287 g/mol. The highest BCUT2D eigenvalue weighted by molar-refractivity contribution is 6.31. The molecule has 0 unspecified atom stereocenters. The third-order valence-electron chi connectivity index (χ3n) is 3.16. The lowest BCUT2D eigenvalue weighted by Gasteiger charge is -2.08. The number of nitrogens with one attached hydrogen (secondary N) is 1. The molecule has 0 saturated heterocycles. The van der Waals surface area contributed by atoms with Crippen molar-refractivity contribution >= 4 is 23.2 Å². The van der Waals surface area contributed by atoms with Crippen molar-refractivity contribution in [1.29, 1.82) is 0 Å². The van der Waals surface area contributed by atoms with Gasteiger partial charge in [-0.05, 0) is 48.7 Å². The molecule has 2 aromatic carbocycles. The number of aliphatic imine (C=N–C) groups is 1. The summed E-state index contributed by atoms with van der Waals surface area (Å²) in [5.74, 6) is 0.383. The molecule has 0 atom stereocenters. The van der Waals surface area contributed by atoms with Crippen molar-refractivity contribution in [3.8, 4) is 0 Å². The highest BCUT2D eigenvalue weighted by atomic mass is 35.5. The second-order valence-corrected chi connectivity index (χ2v) is 5.12. The Morgan fingerprint density at radius 2 is 1.90 bits per heavy atom. The number of nitrogens with two attached hydrogens (primary N) is 1. The lowest BCUT2D eigenvalue weighted by atomic mass is 10.1. The maximum atomic E-state index is 6.08. The lowest BCUT2D eigenvalue weighted by molar-refractivity contribution is 1.06. The van der Waals surface area contributed by atoms with Crippen LogP contribution in [-0.2, 0) is 6.54 Å². The minimum Gasteiger partial charge on any atom is -0.370 e. The summed E-state index contributed by atoms with van der Waals surface area (Å²) in [4.78, 5) is 4.30. The predicted molar refractivity (Wildman–Crippen MR) is 86.3 cm³/mol. The maximum absolute atomic E-state index is 6.08. The number of benzene rings is 2. The summed E-state index contributed by atoms with van der Waals surface area (Å²) in [5.41, 5.74) is 10.3. The molecule has 20 heavy (non-hydrogen) atoms. The fourth-order valence-corrected chi connectivity index (χ4v) is 2.00. The van der Waals surface area contributed by atoms with Crippen molar-refractivity contribution in [3.63, 3.8) is 0 Å². The van der Waals surface area contributed by atoms with Crippen LogP contribution in [0, 0.1) is 13.8 Å². The number of anilines is 1. The Morgan fingerprint density at radius 3 is 2.60 bits per heavy atom. The average Bonchev–Trinajstić information content (AvgIpc) is 2.42. The van der Waals surface area contributed by atoms with Gasteiger partial charge < -0.3 is 11.1 Å². The molecule has 3 nitrogen and oxygen atoms in total. The molecule has 4 heteroatoms. The van der Waals surface area contributed by atoms with E-state index in [1.165, 1.54) is 11.1 Å². The molecule has 0 saturated carbocycles. The molecule has 0 fully saturated rings. The van der Waals surface area contributed by atoms with Gasteiger partial charge in [-0.3, -0.25) is 0 Å². The fraction of sp³-hybridized carbons (Fsp3) is 0.188. The van der Waals surface area contributed by atoms with Crippen LogP contribution < -0.4 is 11.1 Å². The van der Waals surface area contributed by atoms with Gasteiger partial charge >= 0.3 is 0 Å². The molecule has 2 aromatic rings. The third-order valence-corrected chi connectivity index (χ3v) is 3.53. The summed E-state index contributed by atoms with van der Waals surface area (Å²) >= 11 is 6.08. The quantitative estimate of drug-likeness (QED) is 0.665. The van der Waals surface area contributed by atoms with Gasteiger partial charge in [0, 0.05) is 10.7 Å². The second-order valence-electron chi connectivity index (χ2n) is 4.72. The van der Waals surface area contributed by atoms with Crippen LogP contribution in [0.25, 0.3) is 0 Å². The SMILES string of the molecule is Cc1ccc(NC(N)=NCc2ccccc2Cl)cc1C. The first-order chi connectivity index (χ1) is 9.56. The molecule has 0 heterocycles. The largest absolute Gasteiger partial charge is 0.370 e. The molecular formula is C16H18ClN3. The van der Waals surface area contributed by atoms with E-state index in [2.05, 4.69) is 30.2 Å². The topological polar surface area (TPSA) is 50.4 Å². The number of hydrogen-bond donors (Lipinski definition) is 2. The van der Waals surface area contributed by atoms with E-state index in [1.807, 2.05) is 36.4 Å². The first kappa shape index (κ1) is 14.4. The number of halogens is 1. The van der Waals surface area contributed by atoms with Gasteiger partial charge in [0.25, 0.3) is 0 Å². The van der Waals surface area contributed by atoms with Crippen molar-refractivity contribution in [2.45, 2.75) is 20.4 Å². The van der Waals surface area contributed by atoms with E-state index in [4.69, 9.17) is 17.3 Å². The van der Waals surface area contributed by atoms with Crippen LogP contribution in [0.1, 0.15) is 16.7 Å². The van der Waals surface area contributed by atoms with Crippen LogP contribution in [0.4, 0.5) is 5.69 Å². The first-order valence-corrected chi connectivity index (χ1v) is 6.81. The highest BCUT2D eigenvalue weighted by Crippen LogP contribution is 2.16.